The fraction of sp³-hybridized carbons (Fsp3) is 0.571. The first-order valence-corrected chi connectivity index (χ1v) is 7.08. The molecule has 0 spiro atoms. The van der Waals surface area contributed by atoms with E-state index in [-0.39, 0.29) is 12.0 Å². The molecule has 1 aliphatic heterocycles. The second-order valence-corrected chi connectivity index (χ2v) is 4.96. The summed E-state index contributed by atoms with van der Waals surface area (Å²) < 4.78 is 5.74. The van der Waals surface area contributed by atoms with Gasteiger partial charge in [-0.15, -0.1) is 0 Å². The largest absolute Gasteiger partial charge is 0.376 e. The van der Waals surface area contributed by atoms with Crippen molar-refractivity contribution in [3.8, 4) is 0 Å². The molecule has 0 aliphatic carbocycles. The maximum absolute atomic E-state index is 12.4. The van der Waals surface area contributed by atoms with Crippen molar-refractivity contribution < 1.29 is 9.53 Å². The van der Waals surface area contributed by atoms with Crippen molar-refractivity contribution in [2.45, 2.75) is 32.3 Å². The lowest BCUT2D eigenvalue weighted by molar-refractivity contribution is 0.00192. The Morgan fingerprint density at radius 2 is 2.45 bits per heavy atom. The Morgan fingerprint density at radius 1 is 1.60 bits per heavy atom. The minimum atomic E-state index is -0.0432. The predicted octanol–water partition coefficient (Wildman–Crippen LogP) is 1.40. The molecule has 1 fully saturated rings. The SMILES string of the molecule is CCCOC1CCCN(C(=O)c2ccc(NN)cn2)C1. The number of nitrogens with zero attached hydrogens (tertiary/aromatic N) is 2. The van der Waals surface area contributed by atoms with E-state index in [0.717, 1.165) is 32.4 Å². The van der Waals surface area contributed by atoms with E-state index < -0.39 is 0 Å². The zero-order chi connectivity index (χ0) is 14.4. The van der Waals surface area contributed by atoms with Gasteiger partial charge in [-0.05, 0) is 31.4 Å². The van der Waals surface area contributed by atoms with E-state index in [1.807, 2.05) is 4.90 Å². The van der Waals surface area contributed by atoms with Crippen molar-refractivity contribution in [1.82, 2.24) is 9.88 Å². The van der Waals surface area contributed by atoms with E-state index in [4.69, 9.17) is 10.6 Å². The van der Waals surface area contributed by atoms with Crippen molar-refractivity contribution in [2.75, 3.05) is 25.1 Å². The van der Waals surface area contributed by atoms with Gasteiger partial charge in [0.25, 0.3) is 5.91 Å². The molecule has 20 heavy (non-hydrogen) atoms. The number of rotatable bonds is 5. The zero-order valence-corrected chi connectivity index (χ0v) is 11.8. The Morgan fingerprint density at radius 3 is 3.10 bits per heavy atom. The number of nitrogen functional groups attached to an aromatic ring is 1. The molecule has 3 N–H and O–H groups in total. The van der Waals surface area contributed by atoms with Gasteiger partial charge < -0.3 is 15.1 Å². The monoisotopic (exact) mass is 278 g/mol. The van der Waals surface area contributed by atoms with Crippen LogP contribution < -0.4 is 11.3 Å². The van der Waals surface area contributed by atoms with Crippen LogP contribution in [0.15, 0.2) is 18.3 Å². The molecule has 2 rings (SSSR count). The highest BCUT2D eigenvalue weighted by Gasteiger charge is 2.25. The van der Waals surface area contributed by atoms with Crippen LogP contribution in [0.1, 0.15) is 36.7 Å². The highest BCUT2D eigenvalue weighted by molar-refractivity contribution is 5.92. The summed E-state index contributed by atoms with van der Waals surface area (Å²) in [5, 5.41) is 0. The Balaban J connectivity index is 1.96. The van der Waals surface area contributed by atoms with Crippen LogP contribution in [0.3, 0.4) is 0 Å². The maximum Gasteiger partial charge on any atom is 0.272 e. The molecule has 0 aromatic carbocycles. The summed E-state index contributed by atoms with van der Waals surface area (Å²) in [6, 6.07) is 3.43. The highest BCUT2D eigenvalue weighted by Crippen LogP contribution is 2.16. The molecule has 2 heterocycles. The summed E-state index contributed by atoms with van der Waals surface area (Å²) >= 11 is 0. The number of hydrazine groups is 1. The third-order valence-corrected chi connectivity index (χ3v) is 3.37. The van der Waals surface area contributed by atoms with Gasteiger partial charge in [0.05, 0.1) is 18.0 Å². The summed E-state index contributed by atoms with van der Waals surface area (Å²) in [7, 11) is 0. The predicted molar refractivity (Wildman–Crippen MR) is 77.2 cm³/mol. The van der Waals surface area contributed by atoms with Gasteiger partial charge in [0, 0.05) is 19.7 Å². The van der Waals surface area contributed by atoms with Crippen molar-refractivity contribution in [2.24, 2.45) is 5.84 Å². The summed E-state index contributed by atoms with van der Waals surface area (Å²) in [5.74, 6) is 5.24. The number of hydrogen-bond donors (Lipinski definition) is 2. The number of ether oxygens (including phenoxy) is 1. The topological polar surface area (TPSA) is 80.5 Å². The third-order valence-electron chi connectivity index (χ3n) is 3.37. The average molecular weight is 278 g/mol. The van der Waals surface area contributed by atoms with Crippen LogP contribution in [0, 0.1) is 0 Å². The van der Waals surface area contributed by atoms with Crippen molar-refractivity contribution in [3.05, 3.63) is 24.0 Å². The quantitative estimate of drug-likeness (QED) is 0.628. The summed E-state index contributed by atoms with van der Waals surface area (Å²) in [4.78, 5) is 18.3. The van der Waals surface area contributed by atoms with Crippen LogP contribution in [0.4, 0.5) is 5.69 Å². The lowest BCUT2D eigenvalue weighted by Crippen LogP contribution is -2.43. The van der Waals surface area contributed by atoms with Crippen LogP contribution >= 0.6 is 0 Å². The number of hydrogen-bond acceptors (Lipinski definition) is 5. The third kappa shape index (κ3) is 3.68. The van der Waals surface area contributed by atoms with Crippen LogP contribution in [0.5, 0.6) is 0 Å². The number of pyridine rings is 1. The molecule has 6 nitrogen and oxygen atoms in total. The number of carbonyl (C=O) groups is 1. The number of nitrogens with one attached hydrogen (secondary N) is 1. The van der Waals surface area contributed by atoms with Gasteiger partial charge in [-0.25, -0.2) is 4.98 Å². The number of piperidine rings is 1. The molecule has 110 valence electrons. The van der Waals surface area contributed by atoms with Gasteiger partial charge >= 0.3 is 0 Å². The molecule has 0 radical (unpaired) electrons. The molecular formula is C14H22N4O2. The molecule has 1 aromatic heterocycles. The lowest BCUT2D eigenvalue weighted by Gasteiger charge is -2.32. The van der Waals surface area contributed by atoms with Crippen LogP contribution in [0.25, 0.3) is 0 Å². The first kappa shape index (κ1) is 14.7. The number of aromatic nitrogens is 1. The summed E-state index contributed by atoms with van der Waals surface area (Å²) in [5.41, 5.74) is 3.62. The first-order chi connectivity index (χ1) is 9.74. The second-order valence-electron chi connectivity index (χ2n) is 4.96. The van der Waals surface area contributed by atoms with Gasteiger partial charge in [-0.1, -0.05) is 6.92 Å². The van der Waals surface area contributed by atoms with Gasteiger partial charge in [0.2, 0.25) is 0 Å². The minimum absolute atomic E-state index is 0.0432. The van der Waals surface area contributed by atoms with E-state index in [1.54, 1.807) is 18.3 Å². The fourth-order valence-electron chi connectivity index (χ4n) is 2.31. The lowest BCUT2D eigenvalue weighted by atomic mass is 10.1. The van der Waals surface area contributed by atoms with Crippen LogP contribution in [-0.2, 0) is 4.74 Å². The smallest absolute Gasteiger partial charge is 0.272 e. The molecule has 0 saturated carbocycles. The summed E-state index contributed by atoms with van der Waals surface area (Å²) in [6.07, 6.45) is 4.70. The molecule has 1 unspecified atom stereocenters. The van der Waals surface area contributed by atoms with Crippen molar-refractivity contribution in [1.29, 1.82) is 0 Å². The number of amides is 1. The van der Waals surface area contributed by atoms with Gasteiger partial charge in [0.15, 0.2) is 0 Å². The van der Waals surface area contributed by atoms with E-state index in [2.05, 4.69) is 17.3 Å². The van der Waals surface area contributed by atoms with Crippen molar-refractivity contribution in [3.63, 3.8) is 0 Å². The second kappa shape index (κ2) is 7.21. The first-order valence-electron chi connectivity index (χ1n) is 7.08. The van der Waals surface area contributed by atoms with Crippen LogP contribution in [0.2, 0.25) is 0 Å². The average Bonchev–Trinajstić information content (AvgIpc) is 2.52. The van der Waals surface area contributed by atoms with Gasteiger partial charge in [-0.2, -0.15) is 0 Å². The Hall–Kier alpha value is -1.66. The maximum atomic E-state index is 12.4. The van der Waals surface area contributed by atoms with Crippen molar-refractivity contribution >= 4 is 11.6 Å². The van der Waals surface area contributed by atoms with E-state index in [0.29, 0.717) is 17.9 Å². The zero-order valence-electron chi connectivity index (χ0n) is 11.8. The standard InChI is InChI=1S/C14H22N4O2/c1-2-8-20-12-4-3-7-18(10-12)14(19)13-6-5-11(17-15)9-16-13/h5-6,9,12,17H,2-4,7-8,10,15H2,1H3. The molecule has 1 aromatic rings. The van der Waals surface area contributed by atoms with E-state index in [1.165, 1.54) is 0 Å². The van der Waals surface area contributed by atoms with E-state index >= 15 is 0 Å². The molecule has 1 amide bonds. The molecule has 1 aliphatic rings. The molecular weight excluding hydrogens is 256 g/mol. The molecule has 0 bridgehead atoms. The number of carbonyl (C=O) groups excluding carboxylic acids is 1. The molecule has 1 atom stereocenters. The highest BCUT2D eigenvalue weighted by atomic mass is 16.5. The number of nitrogens with two attached hydrogens (primary N) is 1. The van der Waals surface area contributed by atoms with Gasteiger partial charge in [0.1, 0.15) is 5.69 Å². The molecule has 6 heteroatoms. The normalized spacial score (nSPS) is 18.9. The Bertz CT molecular complexity index is 435. The molecule has 1 saturated heterocycles. The van der Waals surface area contributed by atoms with Crippen LogP contribution in [-0.4, -0.2) is 41.6 Å². The minimum Gasteiger partial charge on any atom is -0.376 e. The Kier molecular flexibility index (Phi) is 5.31. The summed E-state index contributed by atoms with van der Waals surface area (Å²) in [6.45, 7) is 4.26. The van der Waals surface area contributed by atoms with Gasteiger partial charge in [-0.3, -0.25) is 10.6 Å². The Labute approximate surface area is 119 Å². The fourth-order valence-corrected chi connectivity index (χ4v) is 2.31. The van der Waals surface area contributed by atoms with E-state index in [9.17, 15) is 4.79 Å². The number of likely N-dealkylation sites (tertiary alicyclic amines) is 1. The number of anilines is 1.